The van der Waals surface area contributed by atoms with Crippen LogP contribution in [0, 0.1) is 0 Å². The van der Waals surface area contributed by atoms with Crippen LogP contribution in [0.15, 0.2) is 42.5 Å². The molecule has 0 saturated carbocycles. The molecule has 3 aliphatic heterocycles. The number of fused-ring (bicyclic) bond motifs is 1. The van der Waals surface area contributed by atoms with Gasteiger partial charge < -0.3 is 19.3 Å². The number of carbonyl (C=O) groups excluding carboxylic acids is 4. The minimum absolute atomic E-state index is 0.196. The Hall–Kier alpha value is -3.53. The average molecular weight is 493 g/mol. The van der Waals surface area contributed by atoms with Crippen molar-refractivity contribution < 1.29 is 28.7 Å². The maximum atomic E-state index is 13.0. The van der Waals surface area contributed by atoms with Crippen molar-refractivity contribution in [3.05, 3.63) is 64.7 Å². The lowest BCUT2D eigenvalue weighted by atomic mass is 9.75. The van der Waals surface area contributed by atoms with Crippen molar-refractivity contribution in [2.24, 2.45) is 0 Å². The summed E-state index contributed by atoms with van der Waals surface area (Å²) in [5, 5.41) is 2.30. The van der Waals surface area contributed by atoms with Crippen LogP contribution in [-0.2, 0) is 38.8 Å². The lowest BCUT2D eigenvalue weighted by Crippen LogP contribution is -2.58. The molecule has 2 saturated heterocycles. The molecular weight excluding hydrogens is 471 g/mol. The van der Waals surface area contributed by atoms with Gasteiger partial charge in [0.05, 0.1) is 12.5 Å². The Morgan fingerprint density at radius 2 is 1.73 bits per heavy atom. The number of hydrogen-bond acceptors (Lipinski definition) is 6. The molecule has 0 spiro atoms. The highest BCUT2D eigenvalue weighted by molar-refractivity contribution is 6.27. The second-order valence-electron chi connectivity index (χ2n) is 9.27. The smallest absolute Gasteiger partial charge is 0.255 e. The minimum Gasteiger partial charge on any atom is -0.489 e. The molecule has 3 heterocycles. The maximum absolute atomic E-state index is 13.0. The molecule has 9 nitrogen and oxygen atoms in total. The summed E-state index contributed by atoms with van der Waals surface area (Å²) in [6.07, 6.45) is 0.493. The van der Waals surface area contributed by atoms with Crippen LogP contribution in [0.4, 0.5) is 0 Å². The zero-order valence-electron chi connectivity index (χ0n) is 20.0. The Kier molecular flexibility index (Phi) is 6.85. The van der Waals surface area contributed by atoms with Crippen LogP contribution < -0.4 is 10.1 Å². The van der Waals surface area contributed by atoms with Gasteiger partial charge in [-0.2, -0.15) is 0 Å². The fourth-order valence-corrected chi connectivity index (χ4v) is 4.77. The fourth-order valence-electron chi connectivity index (χ4n) is 4.77. The summed E-state index contributed by atoms with van der Waals surface area (Å²) in [5.74, 6) is -1.72. The largest absolute Gasteiger partial charge is 0.489 e. The first-order valence-electron chi connectivity index (χ1n) is 11.9. The van der Waals surface area contributed by atoms with Gasteiger partial charge in [0, 0.05) is 36.0 Å². The summed E-state index contributed by atoms with van der Waals surface area (Å²) in [6, 6.07) is 9.98. The Morgan fingerprint density at radius 1 is 1.00 bits per heavy atom. The molecule has 4 unspecified atom stereocenters. The first kappa shape index (κ1) is 25.1. The highest BCUT2D eigenvalue weighted by Crippen LogP contribution is 2.34. The zero-order valence-corrected chi connectivity index (χ0v) is 20.0. The number of piperidine rings is 1. The molecule has 4 atom stereocenters. The number of hydrogen-bond donors (Lipinski definition) is 1. The van der Waals surface area contributed by atoms with Gasteiger partial charge in [0.2, 0.25) is 17.7 Å². The molecule has 12 heteroatoms. The second kappa shape index (κ2) is 10.1. The number of carbonyl (C=O) groups is 4. The van der Waals surface area contributed by atoms with Gasteiger partial charge in [-0.15, -0.1) is 0 Å². The van der Waals surface area contributed by atoms with Crippen molar-refractivity contribution >= 4 is 47.2 Å². The number of nitrogens with zero attached hydrogens (tertiary/aromatic N) is 2. The normalized spacial score (nSPS) is 25.7. The predicted molar refractivity (Wildman–Crippen MR) is 134 cm³/mol. The lowest BCUT2D eigenvalue weighted by Gasteiger charge is -2.42. The van der Waals surface area contributed by atoms with E-state index in [2.05, 4.69) is 5.32 Å². The van der Waals surface area contributed by atoms with Crippen LogP contribution in [0.3, 0.4) is 0 Å². The summed E-state index contributed by atoms with van der Waals surface area (Å²) in [7, 11) is 17.5. The van der Waals surface area contributed by atoms with Gasteiger partial charge in [-0.3, -0.25) is 24.5 Å². The van der Waals surface area contributed by atoms with Gasteiger partial charge in [0.25, 0.3) is 5.91 Å². The van der Waals surface area contributed by atoms with Gasteiger partial charge in [0.15, 0.2) is 0 Å². The first-order chi connectivity index (χ1) is 17.7. The van der Waals surface area contributed by atoms with E-state index in [9.17, 15) is 19.2 Å². The SMILES string of the molecule is [B]C1OC([B])C([B])N(Cc2ccc(COc3cccc4c3CN(C3CCC(=O)NC3=O)C4=O)cc2)C1=O. The van der Waals surface area contributed by atoms with E-state index in [4.69, 9.17) is 33.0 Å². The summed E-state index contributed by atoms with van der Waals surface area (Å²) >= 11 is 0. The minimum atomic E-state index is -1.15. The lowest BCUT2D eigenvalue weighted by molar-refractivity contribution is -0.151. The van der Waals surface area contributed by atoms with E-state index in [1.165, 1.54) is 9.80 Å². The summed E-state index contributed by atoms with van der Waals surface area (Å²) in [5.41, 5.74) is 2.90. The van der Waals surface area contributed by atoms with Crippen molar-refractivity contribution in [3.8, 4) is 5.75 Å². The first-order valence-corrected chi connectivity index (χ1v) is 11.9. The monoisotopic (exact) mass is 493 g/mol. The van der Waals surface area contributed by atoms with E-state index in [1.54, 1.807) is 18.2 Å². The maximum Gasteiger partial charge on any atom is 0.255 e. The third-order valence-electron chi connectivity index (χ3n) is 6.84. The van der Waals surface area contributed by atoms with E-state index in [-0.39, 0.29) is 37.9 Å². The van der Waals surface area contributed by atoms with E-state index in [0.717, 1.165) is 11.1 Å². The number of nitrogens with one attached hydrogen (secondary N) is 1. The molecule has 37 heavy (non-hydrogen) atoms. The molecule has 4 amide bonds. The van der Waals surface area contributed by atoms with Gasteiger partial charge in [0.1, 0.15) is 41.9 Å². The molecule has 0 aliphatic carbocycles. The zero-order chi connectivity index (χ0) is 26.3. The Balaban J connectivity index is 1.23. The number of benzene rings is 2. The number of imide groups is 1. The van der Waals surface area contributed by atoms with E-state index in [1.807, 2.05) is 24.3 Å². The molecule has 0 aromatic heterocycles. The third-order valence-corrected chi connectivity index (χ3v) is 6.84. The second-order valence-corrected chi connectivity index (χ2v) is 9.27. The molecule has 2 aromatic rings. The summed E-state index contributed by atoms with van der Waals surface area (Å²) < 4.78 is 11.2. The number of morpholine rings is 1. The van der Waals surface area contributed by atoms with Crippen LogP contribution in [0.1, 0.15) is 39.9 Å². The van der Waals surface area contributed by atoms with Crippen LogP contribution in [0.2, 0.25) is 0 Å². The van der Waals surface area contributed by atoms with E-state index >= 15 is 0 Å². The van der Waals surface area contributed by atoms with Crippen LogP contribution in [0.5, 0.6) is 5.75 Å². The summed E-state index contributed by atoms with van der Waals surface area (Å²) in [4.78, 5) is 52.0. The highest BCUT2D eigenvalue weighted by atomic mass is 16.5. The molecule has 6 radical (unpaired) electrons. The molecule has 2 aromatic carbocycles. The average Bonchev–Trinajstić information content (AvgIpc) is 3.21. The van der Waals surface area contributed by atoms with Gasteiger partial charge in [-0.1, -0.05) is 30.3 Å². The molecule has 1 N–H and O–H groups in total. The molecule has 0 bridgehead atoms. The van der Waals surface area contributed by atoms with Crippen molar-refractivity contribution in [1.82, 2.24) is 15.1 Å². The molecular formula is C25H22B3N3O6. The molecule has 2 fully saturated rings. The van der Waals surface area contributed by atoms with E-state index in [0.29, 0.717) is 23.3 Å². The van der Waals surface area contributed by atoms with Crippen molar-refractivity contribution in [2.75, 3.05) is 0 Å². The van der Waals surface area contributed by atoms with Crippen molar-refractivity contribution in [2.45, 2.75) is 56.5 Å². The standard InChI is InChI=1S/C25H22B3N3O6/c26-20-21(27)37-22(28)25(35)31(20)10-13-4-6-14(7-5-13)12-36-18-3-1-2-15-16(18)11-30(24(15)34)17-8-9-19(32)29-23(17)33/h1-7,17,20-22H,8-12H2,(H,29,32,33). The van der Waals surface area contributed by atoms with Crippen LogP contribution >= 0.6 is 0 Å². The molecule has 5 rings (SSSR count). The highest BCUT2D eigenvalue weighted by Gasteiger charge is 2.40. The third kappa shape index (κ3) is 4.90. The topological polar surface area (TPSA) is 105 Å². The Morgan fingerprint density at radius 3 is 2.46 bits per heavy atom. The van der Waals surface area contributed by atoms with E-state index < -0.39 is 35.8 Å². The quantitative estimate of drug-likeness (QED) is 0.445. The van der Waals surface area contributed by atoms with Crippen LogP contribution in [0.25, 0.3) is 0 Å². The number of amides is 4. The van der Waals surface area contributed by atoms with Gasteiger partial charge >= 0.3 is 0 Å². The Bertz CT molecular complexity index is 1260. The number of ether oxygens (including phenoxy) is 2. The number of rotatable bonds is 6. The predicted octanol–water partition coefficient (Wildman–Crippen LogP) is -0.131. The molecule has 182 valence electrons. The molecule has 3 aliphatic rings. The summed E-state index contributed by atoms with van der Waals surface area (Å²) in [6.45, 7) is 0.707. The Labute approximate surface area is 218 Å². The van der Waals surface area contributed by atoms with Crippen molar-refractivity contribution in [1.29, 1.82) is 0 Å². The van der Waals surface area contributed by atoms with Gasteiger partial charge in [-0.05, 0) is 29.7 Å². The fraction of sp³-hybridized carbons (Fsp3) is 0.360. The van der Waals surface area contributed by atoms with Crippen molar-refractivity contribution in [3.63, 3.8) is 0 Å². The van der Waals surface area contributed by atoms with Gasteiger partial charge in [-0.25, -0.2) is 0 Å². The van der Waals surface area contributed by atoms with Crippen LogP contribution in [-0.4, -0.2) is 81.0 Å².